The van der Waals surface area contributed by atoms with Crippen molar-refractivity contribution in [1.29, 1.82) is 0 Å². The van der Waals surface area contributed by atoms with Crippen molar-refractivity contribution in [2.24, 2.45) is 11.8 Å². The average Bonchev–Trinajstić information content (AvgIpc) is 2.76. The average molecular weight is 483 g/mol. The molecule has 0 saturated carbocycles. The number of hydrogen-bond acceptors (Lipinski definition) is 0. The fourth-order valence-electron chi connectivity index (χ4n) is 4.30. The number of rotatable bonds is 3. The number of halogens is 3. The molecule has 0 aliphatic heterocycles. The molecule has 0 spiro atoms. The first-order valence-corrected chi connectivity index (χ1v) is 12.3. The van der Waals surface area contributed by atoms with E-state index in [0.29, 0.717) is 14.6 Å². The van der Waals surface area contributed by atoms with Crippen LogP contribution in [0.25, 0.3) is 0 Å². The molecule has 0 nitrogen and oxygen atoms in total. The molecule has 0 heterocycles. The van der Waals surface area contributed by atoms with Crippen LogP contribution >= 0.6 is 0 Å². The maximum absolute atomic E-state index is 2.55. The zero-order valence-electron chi connectivity index (χ0n) is 16.0. The summed E-state index contributed by atoms with van der Waals surface area (Å²) < 4.78 is 0.391. The predicted octanol–water partition coefficient (Wildman–Crippen LogP) is -3.45. The Morgan fingerprint density at radius 2 is 1.08 bits per heavy atom. The molecule has 5 heteroatoms. The van der Waals surface area contributed by atoms with Gasteiger partial charge in [0, 0.05) is 0 Å². The van der Waals surface area contributed by atoms with Crippen LogP contribution in [0.5, 0.6) is 0 Å². The summed E-state index contributed by atoms with van der Waals surface area (Å²) in [5.74, 6) is 1.26. The number of allylic oxidation sites excluding steroid dienone is 8. The van der Waals surface area contributed by atoms with Gasteiger partial charge in [0.25, 0.3) is 0 Å². The molecule has 0 saturated heterocycles. The van der Waals surface area contributed by atoms with E-state index in [-0.39, 0.29) is 37.2 Å². The van der Waals surface area contributed by atoms with Gasteiger partial charge in [0.2, 0.25) is 0 Å². The fourth-order valence-corrected chi connectivity index (χ4v) is 8.53. The molecular formula is C19H29Cl3SiZr. The minimum absolute atomic E-state index is 0. The standard InChI is InChI=1S/C19H29Si.3ClH.Zr/c1-11-9-13(3)17(15(11)5)19(20(7)8)18-14(4)10-12(2)16(18)6;;;;/h9-10,15-16,20H,1-8H3;3*1H;/q;;;;+3/p-3. The second kappa shape index (κ2) is 9.75. The first kappa shape index (κ1) is 27.2. The Labute approximate surface area is 184 Å². The smallest absolute Gasteiger partial charge is 1.00 e. The van der Waals surface area contributed by atoms with Gasteiger partial charge in [0.15, 0.2) is 0 Å². The van der Waals surface area contributed by atoms with Crippen molar-refractivity contribution >= 4 is 8.80 Å². The van der Waals surface area contributed by atoms with Crippen molar-refractivity contribution in [2.75, 3.05) is 0 Å². The van der Waals surface area contributed by atoms with Crippen LogP contribution in [0.3, 0.4) is 0 Å². The molecule has 0 bridgehead atoms. The minimum Gasteiger partial charge on any atom is -1.00 e. The van der Waals surface area contributed by atoms with E-state index in [1.165, 1.54) is 0 Å². The molecule has 0 radical (unpaired) electrons. The molecule has 0 N–H and O–H groups in total. The summed E-state index contributed by atoms with van der Waals surface area (Å²) in [5.41, 5.74) is 9.72. The minimum atomic E-state index is -0.858. The van der Waals surface area contributed by atoms with Gasteiger partial charge in [-0.1, -0.05) is 0 Å². The first-order valence-electron chi connectivity index (χ1n) is 8.16. The van der Waals surface area contributed by atoms with E-state index < -0.39 is 8.80 Å². The summed E-state index contributed by atoms with van der Waals surface area (Å²) in [7, 11) is -0.858. The van der Waals surface area contributed by atoms with Crippen LogP contribution in [-0.4, -0.2) is 8.80 Å². The summed E-state index contributed by atoms with van der Waals surface area (Å²) in [6.07, 6.45) is 4.87. The largest absolute Gasteiger partial charge is 1.00 e. The molecule has 2 atom stereocenters. The molecule has 2 aliphatic rings. The summed E-state index contributed by atoms with van der Waals surface area (Å²) in [6, 6.07) is 0. The van der Waals surface area contributed by atoms with Crippen molar-refractivity contribution < 1.29 is 61.9 Å². The SMILES string of the molecule is CC1=CC(C)=C([C]([Zr+3])(C2=C(C)C=C(C)C2C)[SiH](C)C)C1C.[Cl-].[Cl-].[Cl-]. The molecule has 0 aromatic rings. The first-order chi connectivity index (χ1) is 9.62. The number of hydrogen-bond donors (Lipinski definition) is 0. The third-order valence-electron chi connectivity index (χ3n) is 5.69. The van der Waals surface area contributed by atoms with E-state index >= 15 is 0 Å². The zero-order chi connectivity index (χ0) is 16.1. The van der Waals surface area contributed by atoms with Gasteiger partial charge in [-0.3, -0.25) is 0 Å². The van der Waals surface area contributed by atoms with Crippen molar-refractivity contribution in [3.8, 4) is 0 Å². The van der Waals surface area contributed by atoms with E-state index in [2.05, 4.69) is 66.8 Å². The van der Waals surface area contributed by atoms with Crippen LogP contribution in [0.2, 0.25) is 15.8 Å². The maximum atomic E-state index is 2.55. The second-order valence-electron chi connectivity index (χ2n) is 7.38. The van der Waals surface area contributed by atoms with E-state index in [4.69, 9.17) is 0 Å². The van der Waals surface area contributed by atoms with Crippen LogP contribution in [0.1, 0.15) is 41.5 Å². The molecule has 0 fully saturated rings. The van der Waals surface area contributed by atoms with Crippen molar-refractivity contribution in [3.63, 3.8) is 0 Å². The van der Waals surface area contributed by atoms with Crippen molar-refractivity contribution in [1.82, 2.24) is 0 Å². The van der Waals surface area contributed by atoms with E-state index in [0.717, 1.165) is 0 Å². The third kappa shape index (κ3) is 4.25. The Morgan fingerprint density at radius 1 is 0.792 bits per heavy atom. The molecule has 2 aliphatic carbocycles. The van der Waals surface area contributed by atoms with Gasteiger partial charge in [0.1, 0.15) is 0 Å². The van der Waals surface area contributed by atoms with Gasteiger partial charge in [-0.25, -0.2) is 0 Å². The molecule has 134 valence electrons. The Morgan fingerprint density at radius 3 is 1.25 bits per heavy atom. The van der Waals surface area contributed by atoms with Crippen LogP contribution in [-0.2, 0) is 24.7 Å². The zero-order valence-corrected chi connectivity index (χ0v) is 21.9. The maximum Gasteiger partial charge on any atom is -1.00 e. The summed E-state index contributed by atoms with van der Waals surface area (Å²) in [6.45, 7) is 19.2. The third-order valence-corrected chi connectivity index (χ3v) is 13.6. The molecular weight excluding hydrogens is 454 g/mol. The Hall–Kier alpha value is 0.930. The second-order valence-corrected chi connectivity index (χ2v) is 13.9. The van der Waals surface area contributed by atoms with Gasteiger partial charge in [-0.2, -0.15) is 0 Å². The summed E-state index contributed by atoms with van der Waals surface area (Å²) in [4.78, 5) is 0. The molecule has 0 aromatic heterocycles. The normalized spacial score (nSPS) is 25.6. The van der Waals surface area contributed by atoms with Crippen molar-refractivity contribution in [3.05, 3.63) is 45.6 Å². The molecule has 24 heavy (non-hydrogen) atoms. The molecule has 2 unspecified atom stereocenters. The Bertz CT molecular complexity index is 554. The molecule has 0 amide bonds. The van der Waals surface area contributed by atoms with E-state index in [9.17, 15) is 0 Å². The van der Waals surface area contributed by atoms with Crippen molar-refractivity contribution in [2.45, 2.75) is 57.4 Å². The van der Waals surface area contributed by atoms with Gasteiger partial charge in [0.05, 0.1) is 0 Å². The van der Waals surface area contributed by atoms with E-state index in [1.807, 2.05) is 0 Å². The van der Waals surface area contributed by atoms with Gasteiger partial charge in [-0.05, 0) is 0 Å². The Balaban J connectivity index is 0. The Kier molecular flexibility index (Phi) is 11.0. The molecule has 0 aromatic carbocycles. The van der Waals surface area contributed by atoms with E-state index in [1.54, 1.807) is 58.2 Å². The fraction of sp³-hybridized carbons (Fsp3) is 0.579. The van der Waals surface area contributed by atoms with Gasteiger partial charge >= 0.3 is 148 Å². The van der Waals surface area contributed by atoms with Gasteiger partial charge in [-0.15, -0.1) is 0 Å². The summed E-state index contributed by atoms with van der Waals surface area (Å²) in [5, 5.41) is 0. The van der Waals surface area contributed by atoms with Crippen LogP contribution in [0.4, 0.5) is 0 Å². The van der Waals surface area contributed by atoms with Crippen LogP contribution < -0.4 is 37.2 Å². The monoisotopic (exact) mass is 480 g/mol. The van der Waals surface area contributed by atoms with Gasteiger partial charge < -0.3 is 37.2 Å². The molecule has 2 rings (SSSR count). The van der Waals surface area contributed by atoms with Crippen LogP contribution in [0.15, 0.2) is 45.6 Å². The summed E-state index contributed by atoms with van der Waals surface area (Å²) >= 11 is 1.71. The quantitative estimate of drug-likeness (QED) is 0.367. The predicted molar refractivity (Wildman–Crippen MR) is 92.8 cm³/mol. The topological polar surface area (TPSA) is 0 Å². The van der Waals surface area contributed by atoms with Crippen LogP contribution in [0, 0.1) is 11.8 Å².